The maximum Gasteiger partial charge on any atom is 0.0794 e. The highest BCUT2D eigenvalue weighted by atomic mass is 32.1. The zero-order valence-electron chi connectivity index (χ0n) is 11.4. The SMILES string of the molecule is CCCNC(c1cnc2ccccc2c1)c1cncs1. The number of nitrogens with one attached hydrogen (secondary N) is 1. The molecule has 0 bridgehead atoms. The van der Waals surface area contributed by atoms with Gasteiger partial charge in [0.2, 0.25) is 0 Å². The van der Waals surface area contributed by atoms with Crippen molar-refractivity contribution in [3.63, 3.8) is 0 Å². The summed E-state index contributed by atoms with van der Waals surface area (Å²) in [5, 5.41) is 4.76. The highest BCUT2D eigenvalue weighted by Gasteiger charge is 2.15. The predicted molar refractivity (Wildman–Crippen MR) is 84.0 cm³/mol. The molecule has 2 aromatic heterocycles. The van der Waals surface area contributed by atoms with Crippen LogP contribution in [0.5, 0.6) is 0 Å². The second-order valence-corrected chi connectivity index (χ2v) is 5.67. The summed E-state index contributed by atoms with van der Waals surface area (Å²) in [5.74, 6) is 0. The second-order valence-electron chi connectivity index (χ2n) is 4.75. The smallest absolute Gasteiger partial charge is 0.0794 e. The first-order valence-electron chi connectivity index (χ1n) is 6.85. The Balaban J connectivity index is 1.99. The zero-order valence-corrected chi connectivity index (χ0v) is 12.2. The summed E-state index contributed by atoms with van der Waals surface area (Å²) in [6.07, 6.45) is 5.01. The molecule has 0 saturated heterocycles. The topological polar surface area (TPSA) is 37.8 Å². The Kier molecular flexibility index (Phi) is 4.04. The van der Waals surface area contributed by atoms with Gasteiger partial charge in [-0.2, -0.15) is 0 Å². The fourth-order valence-electron chi connectivity index (χ4n) is 2.29. The van der Waals surface area contributed by atoms with Crippen molar-refractivity contribution in [2.24, 2.45) is 0 Å². The molecule has 0 radical (unpaired) electrons. The highest BCUT2D eigenvalue weighted by Crippen LogP contribution is 2.26. The molecule has 0 fully saturated rings. The van der Waals surface area contributed by atoms with Crippen molar-refractivity contribution in [2.75, 3.05) is 6.54 Å². The summed E-state index contributed by atoms with van der Waals surface area (Å²) in [5.41, 5.74) is 4.11. The Morgan fingerprint density at radius 3 is 2.95 bits per heavy atom. The first kappa shape index (κ1) is 13.2. The van der Waals surface area contributed by atoms with Gasteiger partial charge in [-0.05, 0) is 30.7 Å². The minimum Gasteiger partial charge on any atom is -0.306 e. The van der Waals surface area contributed by atoms with Gasteiger partial charge in [0.1, 0.15) is 0 Å². The van der Waals surface area contributed by atoms with Gasteiger partial charge < -0.3 is 5.32 Å². The van der Waals surface area contributed by atoms with Crippen molar-refractivity contribution in [1.82, 2.24) is 15.3 Å². The Morgan fingerprint density at radius 1 is 1.25 bits per heavy atom. The van der Waals surface area contributed by atoms with Gasteiger partial charge in [-0.15, -0.1) is 11.3 Å². The number of fused-ring (bicyclic) bond motifs is 1. The molecular weight excluding hydrogens is 266 g/mol. The van der Waals surface area contributed by atoms with Crippen LogP contribution >= 0.6 is 11.3 Å². The zero-order chi connectivity index (χ0) is 13.8. The van der Waals surface area contributed by atoms with Crippen molar-refractivity contribution < 1.29 is 0 Å². The molecule has 0 aliphatic carbocycles. The number of para-hydroxylation sites is 1. The number of thiazole rings is 1. The predicted octanol–water partition coefficient (Wildman–Crippen LogP) is 3.78. The van der Waals surface area contributed by atoms with Crippen LogP contribution in [0.25, 0.3) is 10.9 Å². The van der Waals surface area contributed by atoms with E-state index in [-0.39, 0.29) is 6.04 Å². The van der Waals surface area contributed by atoms with Crippen LogP contribution in [-0.4, -0.2) is 16.5 Å². The first-order chi connectivity index (χ1) is 9.88. The number of hydrogen-bond acceptors (Lipinski definition) is 4. The molecule has 3 aromatic rings. The third kappa shape index (κ3) is 2.71. The van der Waals surface area contributed by atoms with E-state index in [2.05, 4.69) is 40.4 Å². The van der Waals surface area contributed by atoms with E-state index in [0.717, 1.165) is 18.5 Å². The van der Waals surface area contributed by atoms with E-state index in [1.54, 1.807) is 11.3 Å². The maximum atomic E-state index is 4.56. The van der Waals surface area contributed by atoms with Gasteiger partial charge in [-0.1, -0.05) is 25.1 Å². The standard InChI is InChI=1S/C16H17N3S/c1-2-7-18-16(15-10-17-11-20-15)13-8-12-5-3-4-6-14(12)19-9-13/h3-6,8-11,16,18H,2,7H2,1H3. The number of benzene rings is 1. The number of aromatic nitrogens is 2. The summed E-state index contributed by atoms with van der Waals surface area (Å²) in [6, 6.07) is 10.6. The number of rotatable bonds is 5. The van der Waals surface area contributed by atoms with E-state index < -0.39 is 0 Å². The molecule has 1 aromatic carbocycles. The van der Waals surface area contributed by atoms with Crippen molar-refractivity contribution in [3.8, 4) is 0 Å². The average Bonchev–Trinajstić information content (AvgIpc) is 3.02. The lowest BCUT2D eigenvalue weighted by Gasteiger charge is -2.17. The fourth-order valence-corrected chi connectivity index (χ4v) is 3.01. The minimum atomic E-state index is 0.180. The van der Waals surface area contributed by atoms with Crippen LogP contribution in [0.3, 0.4) is 0 Å². The molecule has 3 nitrogen and oxygen atoms in total. The molecule has 2 heterocycles. The molecule has 3 rings (SSSR count). The maximum absolute atomic E-state index is 4.56. The van der Waals surface area contributed by atoms with Crippen LogP contribution in [0.4, 0.5) is 0 Å². The molecule has 0 saturated carbocycles. The third-order valence-electron chi connectivity index (χ3n) is 3.28. The Bertz CT molecular complexity index is 679. The van der Waals surface area contributed by atoms with E-state index in [4.69, 9.17) is 0 Å². The van der Waals surface area contributed by atoms with E-state index in [0.29, 0.717) is 0 Å². The van der Waals surface area contributed by atoms with Crippen LogP contribution in [0.2, 0.25) is 0 Å². The number of hydrogen-bond donors (Lipinski definition) is 1. The van der Waals surface area contributed by atoms with Gasteiger partial charge in [0.05, 0.1) is 17.1 Å². The van der Waals surface area contributed by atoms with E-state index in [9.17, 15) is 0 Å². The van der Waals surface area contributed by atoms with Crippen molar-refractivity contribution in [1.29, 1.82) is 0 Å². The monoisotopic (exact) mass is 283 g/mol. The van der Waals surface area contributed by atoms with Gasteiger partial charge >= 0.3 is 0 Å². The molecule has 0 aliphatic heterocycles. The normalized spacial score (nSPS) is 12.7. The van der Waals surface area contributed by atoms with Crippen molar-refractivity contribution >= 4 is 22.2 Å². The molecular formula is C16H17N3S. The lowest BCUT2D eigenvalue weighted by atomic mass is 10.1. The van der Waals surface area contributed by atoms with E-state index in [1.807, 2.05) is 30.0 Å². The van der Waals surface area contributed by atoms with E-state index >= 15 is 0 Å². The molecule has 1 N–H and O–H groups in total. The number of pyridine rings is 1. The van der Waals surface area contributed by atoms with Crippen LogP contribution in [0.15, 0.2) is 48.2 Å². The largest absolute Gasteiger partial charge is 0.306 e. The van der Waals surface area contributed by atoms with Crippen LogP contribution in [0, 0.1) is 0 Å². The summed E-state index contributed by atoms with van der Waals surface area (Å²) < 4.78 is 0. The minimum absolute atomic E-state index is 0.180. The molecule has 20 heavy (non-hydrogen) atoms. The molecule has 4 heteroatoms. The molecule has 102 valence electrons. The molecule has 1 unspecified atom stereocenters. The highest BCUT2D eigenvalue weighted by molar-refractivity contribution is 7.09. The summed E-state index contributed by atoms with van der Waals surface area (Å²) in [4.78, 5) is 9.99. The van der Waals surface area contributed by atoms with Gasteiger partial charge in [-0.3, -0.25) is 9.97 Å². The van der Waals surface area contributed by atoms with Crippen LogP contribution in [0.1, 0.15) is 29.8 Å². The van der Waals surface area contributed by atoms with Crippen molar-refractivity contribution in [3.05, 3.63) is 58.7 Å². The first-order valence-corrected chi connectivity index (χ1v) is 7.73. The molecule has 0 spiro atoms. The van der Waals surface area contributed by atoms with Crippen LogP contribution < -0.4 is 5.32 Å². The van der Waals surface area contributed by atoms with E-state index in [1.165, 1.54) is 15.8 Å². The average molecular weight is 283 g/mol. The number of nitrogens with zero attached hydrogens (tertiary/aromatic N) is 2. The fraction of sp³-hybridized carbons (Fsp3) is 0.250. The Morgan fingerprint density at radius 2 is 2.15 bits per heavy atom. The molecule has 1 atom stereocenters. The summed E-state index contributed by atoms with van der Waals surface area (Å²) >= 11 is 1.68. The Hall–Kier alpha value is -1.78. The molecule has 0 aliphatic rings. The van der Waals surface area contributed by atoms with Crippen molar-refractivity contribution in [2.45, 2.75) is 19.4 Å². The van der Waals surface area contributed by atoms with Gasteiger partial charge in [-0.25, -0.2) is 0 Å². The lowest BCUT2D eigenvalue weighted by Crippen LogP contribution is -2.22. The quantitative estimate of drug-likeness (QED) is 0.774. The lowest BCUT2D eigenvalue weighted by molar-refractivity contribution is 0.604. The van der Waals surface area contributed by atoms with Gasteiger partial charge in [0.15, 0.2) is 0 Å². The van der Waals surface area contributed by atoms with Gasteiger partial charge in [0, 0.05) is 22.7 Å². The summed E-state index contributed by atoms with van der Waals surface area (Å²) in [7, 11) is 0. The Labute approximate surface area is 122 Å². The molecule has 0 amide bonds. The van der Waals surface area contributed by atoms with Gasteiger partial charge in [0.25, 0.3) is 0 Å². The van der Waals surface area contributed by atoms with Crippen LogP contribution in [-0.2, 0) is 0 Å². The summed E-state index contributed by atoms with van der Waals surface area (Å²) in [6.45, 7) is 3.16. The second kappa shape index (κ2) is 6.11. The third-order valence-corrected chi connectivity index (χ3v) is 4.12.